The molecule has 3 heteroatoms. The van der Waals surface area contributed by atoms with Gasteiger partial charge in [0.15, 0.2) is 0 Å². The Kier molecular flexibility index (Phi) is 5.95. The maximum atomic E-state index is 4.13. The third kappa shape index (κ3) is 4.59. The van der Waals surface area contributed by atoms with Crippen LogP contribution in [0.15, 0.2) is 53.3 Å². The second-order valence-corrected chi connectivity index (χ2v) is 15.6. The van der Waals surface area contributed by atoms with Crippen LogP contribution >= 0.6 is 0 Å². The highest BCUT2D eigenvalue weighted by Gasteiger charge is 2.29. The van der Waals surface area contributed by atoms with Crippen molar-refractivity contribution in [3.05, 3.63) is 53.3 Å². The lowest BCUT2D eigenvalue weighted by atomic mass is 9.95. The predicted octanol–water partition coefficient (Wildman–Crippen LogP) is 3.86. The average molecular weight is 356 g/mol. The SMILES string of the molecule is C[Si](C)(C)C1=C(C(NC2CCCCC2)[SiH2]c2ccccc2)CC=C1. The lowest BCUT2D eigenvalue weighted by molar-refractivity contribution is 0.373. The Morgan fingerprint density at radius 1 is 1.04 bits per heavy atom. The van der Waals surface area contributed by atoms with Gasteiger partial charge in [-0.25, -0.2) is 0 Å². The molecule has 3 rings (SSSR count). The van der Waals surface area contributed by atoms with Crippen molar-refractivity contribution in [2.45, 2.75) is 69.9 Å². The van der Waals surface area contributed by atoms with Gasteiger partial charge >= 0.3 is 0 Å². The predicted molar refractivity (Wildman–Crippen MR) is 113 cm³/mol. The van der Waals surface area contributed by atoms with E-state index in [1.54, 1.807) is 16.0 Å². The van der Waals surface area contributed by atoms with Gasteiger partial charge in [0, 0.05) is 11.7 Å². The number of allylic oxidation sites excluding steroid dienone is 3. The highest BCUT2D eigenvalue weighted by Crippen LogP contribution is 2.30. The molecule has 1 saturated carbocycles. The first-order chi connectivity index (χ1) is 11.5. The van der Waals surface area contributed by atoms with E-state index in [1.807, 2.05) is 0 Å². The van der Waals surface area contributed by atoms with Crippen LogP contribution in [-0.4, -0.2) is 29.3 Å². The minimum atomic E-state index is -1.26. The van der Waals surface area contributed by atoms with E-state index in [1.165, 1.54) is 38.5 Å². The first kappa shape index (κ1) is 17.9. The van der Waals surface area contributed by atoms with E-state index < -0.39 is 8.07 Å². The second-order valence-electron chi connectivity index (χ2n) is 8.54. The van der Waals surface area contributed by atoms with Crippen molar-refractivity contribution in [3.8, 4) is 0 Å². The molecule has 0 saturated heterocycles. The second kappa shape index (κ2) is 7.98. The van der Waals surface area contributed by atoms with Gasteiger partial charge in [-0.2, -0.15) is 0 Å². The van der Waals surface area contributed by atoms with Crippen molar-refractivity contribution >= 4 is 22.8 Å². The Bertz CT molecular complexity index is 592. The summed E-state index contributed by atoms with van der Waals surface area (Å²) in [5, 5.41) is 7.45. The molecule has 1 N–H and O–H groups in total. The zero-order chi connectivity index (χ0) is 17.0. The molecule has 0 heterocycles. The lowest BCUT2D eigenvalue weighted by Crippen LogP contribution is -2.48. The molecule has 1 fully saturated rings. The van der Waals surface area contributed by atoms with Crippen molar-refractivity contribution in [1.29, 1.82) is 0 Å². The summed E-state index contributed by atoms with van der Waals surface area (Å²) in [5.41, 5.74) is 2.39. The fourth-order valence-corrected chi connectivity index (χ4v) is 8.43. The van der Waals surface area contributed by atoms with Crippen molar-refractivity contribution in [2.75, 3.05) is 0 Å². The monoisotopic (exact) mass is 355 g/mol. The van der Waals surface area contributed by atoms with E-state index in [0.717, 1.165) is 6.04 Å². The molecule has 1 unspecified atom stereocenters. The topological polar surface area (TPSA) is 12.0 Å². The molecule has 24 heavy (non-hydrogen) atoms. The molecular weight excluding hydrogens is 322 g/mol. The smallest absolute Gasteiger partial charge is 0.0791 e. The van der Waals surface area contributed by atoms with Gasteiger partial charge in [0.25, 0.3) is 0 Å². The molecule has 0 amide bonds. The molecule has 1 aromatic rings. The summed E-state index contributed by atoms with van der Waals surface area (Å²) in [6.07, 6.45) is 13.1. The number of benzene rings is 1. The Morgan fingerprint density at radius 2 is 1.75 bits per heavy atom. The van der Waals surface area contributed by atoms with Crippen LogP contribution in [0, 0.1) is 0 Å². The maximum Gasteiger partial charge on any atom is 0.0791 e. The molecule has 0 bridgehead atoms. The van der Waals surface area contributed by atoms with Crippen LogP contribution < -0.4 is 10.5 Å². The third-order valence-electron chi connectivity index (χ3n) is 5.52. The Labute approximate surface area is 151 Å². The van der Waals surface area contributed by atoms with E-state index in [0.29, 0.717) is 5.67 Å². The van der Waals surface area contributed by atoms with Crippen LogP contribution in [0.5, 0.6) is 0 Å². The van der Waals surface area contributed by atoms with Crippen molar-refractivity contribution in [1.82, 2.24) is 5.32 Å². The minimum absolute atomic E-state index is 0.348. The van der Waals surface area contributed by atoms with Crippen LogP contribution in [0.4, 0.5) is 0 Å². The summed E-state index contributed by atoms with van der Waals surface area (Å²) in [7, 11) is -1.61. The first-order valence-corrected chi connectivity index (χ1v) is 14.8. The number of hydrogen-bond donors (Lipinski definition) is 1. The Balaban J connectivity index is 1.83. The molecule has 0 aromatic heterocycles. The van der Waals surface area contributed by atoms with Crippen LogP contribution in [0.2, 0.25) is 19.6 Å². The van der Waals surface area contributed by atoms with Gasteiger partial charge in [-0.15, -0.1) is 0 Å². The molecular formula is C21H33NSi2. The fraction of sp³-hybridized carbons (Fsp3) is 0.524. The van der Waals surface area contributed by atoms with Gasteiger partial charge in [0.05, 0.1) is 17.6 Å². The van der Waals surface area contributed by atoms with E-state index >= 15 is 0 Å². The Hall–Kier alpha value is -0.906. The van der Waals surface area contributed by atoms with Crippen LogP contribution in [-0.2, 0) is 0 Å². The maximum absolute atomic E-state index is 4.13. The van der Waals surface area contributed by atoms with E-state index in [9.17, 15) is 0 Å². The summed E-state index contributed by atoms with van der Waals surface area (Å²) >= 11 is 0. The quantitative estimate of drug-likeness (QED) is 0.764. The molecule has 0 spiro atoms. The van der Waals surface area contributed by atoms with Gasteiger partial charge in [-0.05, 0) is 19.3 Å². The summed E-state index contributed by atoms with van der Waals surface area (Å²) in [6.45, 7) is 7.50. The van der Waals surface area contributed by atoms with Crippen LogP contribution in [0.1, 0.15) is 38.5 Å². The van der Waals surface area contributed by atoms with Crippen molar-refractivity contribution in [3.63, 3.8) is 0 Å². The normalized spacial score (nSPS) is 21.1. The van der Waals surface area contributed by atoms with Gasteiger partial charge in [-0.3, -0.25) is 0 Å². The highest BCUT2D eigenvalue weighted by atomic mass is 28.3. The van der Waals surface area contributed by atoms with Gasteiger partial charge in [0.2, 0.25) is 0 Å². The zero-order valence-electron chi connectivity index (χ0n) is 15.6. The molecule has 1 nitrogen and oxygen atoms in total. The lowest BCUT2D eigenvalue weighted by Gasteiger charge is -2.32. The summed E-state index contributed by atoms with van der Waals surface area (Å²) in [6, 6.07) is 12.0. The van der Waals surface area contributed by atoms with Crippen molar-refractivity contribution in [2.24, 2.45) is 0 Å². The minimum Gasteiger partial charge on any atom is -0.310 e. The standard InChI is InChI=1S/C21H33NSi2/c1-24(2,3)20-16-10-15-19(20)21(22-17-11-6-4-7-12-17)23-18-13-8-5-9-14-18/h5,8-10,13-14,16-17,21-22H,4,6-7,11-12,15,23H2,1-3H3. The molecule has 2 aliphatic carbocycles. The highest BCUT2D eigenvalue weighted by molar-refractivity contribution is 6.84. The van der Waals surface area contributed by atoms with Crippen LogP contribution in [0.3, 0.4) is 0 Å². The van der Waals surface area contributed by atoms with E-state index in [-0.39, 0.29) is 9.52 Å². The summed E-state index contributed by atoms with van der Waals surface area (Å²) < 4.78 is 0. The molecule has 1 aromatic carbocycles. The molecule has 2 aliphatic rings. The summed E-state index contributed by atoms with van der Waals surface area (Å²) in [4.78, 5) is 0. The third-order valence-corrected chi connectivity index (χ3v) is 9.70. The van der Waals surface area contributed by atoms with Crippen molar-refractivity contribution < 1.29 is 0 Å². The Morgan fingerprint density at radius 3 is 2.42 bits per heavy atom. The average Bonchev–Trinajstić information content (AvgIpc) is 3.06. The number of hydrogen-bond acceptors (Lipinski definition) is 1. The number of rotatable bonds is 6. The molecule has 0 aliphatic heterocycles. The largest absolute Gasteiger partial charge is 0.310 e. The first-order valence-electron chi connectivity index (χ1n) is 9.74. The molecule has 0 radical (unpaired) electrons. The zero-order valence-corrected chi connectivity index (χ0v) is 18.1. The van der Waals surface area contributed by atoms with E-state index in [4.69, 9.17) is 0 Å². The molecule has 1 atom stereocenters. The van der Waals surface area contributed by atoms with Crippen LogP contribution in [0.25, 0.3) is 0 Å². The van der Waals surface area contributed by atoms with Gasteiger partial charge in [-0.1, -0.05) is 97.3 Å². The number of nitrogens with one attached hydrogen (secondary N) is 1. The van der Waals surface area contributed by atoms with Gasteiger partial charge in [0.1, 0.15) is 0 Å². The van der Waals surface area contributed by atoms with E-state index in [2.05, 4.69) is 67.4 Å². The fourth-order valence-electron chi connectivity index (χ4n) is 4.27. The summed E-state index contributed by atoms with van der Waals surface area (Å²) in [5.74, 6) is 0. The molecule has 130 valence electrons. The van der Waals surface area contributed by atoms with Gasteiger partial charge < -0.3 is 5.32 Å².